The van der Waals surface area contributed by atoms with E-state index in [2.05, 4.69) is 11.9 Å². The van der Waals surface area contributed by atoms with E-state index in [-0.39, 0.29) is 11.1 Å². The molecule has 1 aliphatic heterocycles. The van der Waals surface area contributed by atoms with Gasteiger partial charge in [0.2, 0.25) is 0 Å². The Morgan fingerprint density at radius 3 is 2.55 bits per heavy atom. The van der Waals surface area contributed by atoms with E-state index in [9.17, 15) is 4.79 Å². The molecule has 0 unspecified atom stereocenters. The molecule has 1 amide bonds. The van der Waals surface area contributed by atoms with Crippen LogP contribution in [0.2, 0.25) is 0 Å². The molecule has 0 bridgehead atoms. The summed E-state index contributed by atoms with van der Waals surface area (Å²) in [6.45, 7) is 4.51. The molecule has 2 N–H and O–H groups in total. The Labute approximate surface area is 174 Å². The van der Waals surface area contributed by atoms with Crippen molar-refractivity contribution < 1.29 is 19.0 Å². The SMILES string of the molecule is C=CCc1ccccc1OCCOc1ccc(C=C2SC(=N)NC2=O)cc1OC. The number of methoxy groups -OCH3 is 1. The molecule has 2 aromatic carbocycles. The van der Waals surface area contributed by atoms with Crippen LogP contribution in [0.3, 0.4) is 0 Å². The third-order valence-electron chi connectivity index (χ3n) is 4.08. The van der Waals surface area contributed by atoms with Crippen LogP contribution in [0.4, 0.5) is 0 Å². The molecule has 0 radical (unpaired) electrons. The molecule has 2 aromatic rings. The van der Waals surface area contributed by atoms with Gasteiger partial charge in [-0.15, -0.1) is 6.58 Å². The number of para-hydroxylation sites is 1. The summed E-state index contributed by atoms with van der Waals surface area (Å²) in [5.41, 5.74) is 1.87. The van der Waals surface area contributed by atoms with E-state index >= 15 is 0 Å². The summed E-state index contributed by atoms with van der Waals surface area (Å²) in [5, 5.41) is 10.1. The predicted octanol–water partition coefficient (Wildman–Crippen LogP) is 4.02. The molecule has 1 saturated heterocycles. The molecule has 1 aliphatic rings. The van der Waals surface area contributed by atoms with Crippen molar-refractivity contribution in [1.82, 2.24) is 5.32 Å². The fraction of sp³-hybridized carbons (Fsp3) is 0.182. The highest BCUT2D eigenvalue weighted by molar-refractivity contribution is 8.18. The smallest absolute Gasteiger partial charge is 0.264 e. The summed E-state index contributed by atoms with van der Waals surface area (Å²) in [6.07, 6.45) is 4.31. The number of thioether (sulfide) groups is 1. The van der Waals surface area contributed by atoms with Crippen LogP contribution >= 0.6 is 11.8 Å². The van der Waals surface area contributed by atoms with Crippen molar-refractivity contribution in [3.63, 3.8) is 0 Å². The maximum atomic E-state index is 11.8. The van der Waals surface area contributed by atoms with E-state index in [0.29, 0.717) is 29.6 Å². The van der Waals surface area contributed by atoms with Gasteiger partial charge in [0.15, 0.2) is 16.7 Å². The van der Waals surface area contributed by atoms with Crippen LogP contribution in [0.1, 0.15) is 11.1 Å². The molecule has 0 aromatic heterocycles. The Bertz CT molecular complexity index is 956. The highest BCUT2D eigenvalue weighted by Gasteiger charge is 2.22. The number of amidine groups is 1. The highest BCUT2D eigenvalue weighted by Crippen LogP contribution is 2.31. The summed E-state index contributed by atoms with van der Waals surface area (Å²) in [4.78, 5) is 12.2. The van der Waals surface area contributed by atoms with Gasteiger partial charge in [-0.25, -0.2) is 0 Å². The van der Waals surface area contributed by atoms with Crippen LogP contribution in [-0.2, 0) is 11.2 Å². The zero-order valence-corrected chi connectivity index (χ0v) is 16.9. The number of nitrogens with one attached hydrogen (secondary N) is 2. The van der Waals surface area contributed by atoms with E-state index in [1.165, 1.54) is 0 Å². The first-order valence-electron chi connectivity index (χ1n) is 9.02. The van der Waals surface area contributed by atoms with E-state index in [1.54, 1.807) is 25.3 Å². The molecular formula is C22H22N2O4S. The molecular weight excluding hydrogens is 388 g/mol. The third-order valence-corrected chi connectivity index (χ3v) is 4.91. The maximum Gasteiger partial charge on any atom is 0.264 e. The van der Waals surface area contributed by atoms with Gasteiger partial charge in [0.1, 0.15) is 19.0 Å². The Morgan fingerprint density at radius 2 is 1.86 bits per heavy atom. The number of amides is 1. The van der Waals surface area contributed by atoms with Gasteiger partial charge in [-0.3, -0.25) is 10.2 Å². The molecule has 0 spiro atoms. The number of hydrogen-bond donors (Lipinski definition) is 2. The number of carbonyl (C=O) groups is 1. The van der Waals surface area contributed by atoms with Crippen LogP contribution in [0.15, 0.2) is 60.0 Å². The summed E-state index contributed by atoms with van der Waals surface area (Å²) in [7, 11) is 1.56. The summed E-state index contributed by atoms with van der Waals surface area (Å²) in [6, 6.07) is 13.3. The van der Waals surface area contributed by atoms with Gasteiger partial charge in [-0.2, -0.15) is 0 Å². The first-order valence-corrected chi connectivity index (χ1v) is 9.84. The van der Waals surface area contributed by atoms with Crippen molar-refractivity contribution in [2.75, 3.05) is 20.3 Å². The van der Waals surface area contributed by atoms with Crippen LogP contribution < -0.4 is 19.5 Å². The number of ether oxygens (including phenoxy) is 3. The van der Waals surface area contributed by atoms with E-state index in [4.69, 9.17) is 19.6 Å². The second-order valence-corrected chi connectivity index (χ2v) is 7.15. The van der Waals surface area contributed by atoms with Gasteiger partial charge >= 0.3 is 0 Å². The number of benzene rings is 2. The number of allylic oxidation sites excluding steroid dienone is 1. The fourth-order valence-corrected chi connectivity index (χ4v) is 3.46. The highest BCUT2D eigenvalue weighted by atomic mass is 32.2. The second-order valence-electron chi connectivity index (χ2n) is 6.10. The largest absolute Gasteiger partial charge is 0.493 e. The zero-order chi connectivity index (χ0) is 20.6. The first kappa shape index (κ1) is 20.5. The van der Waals surface area contributed by atoms with Gasteiger partial charge in [-0.1, -0.05) is 30.3 Å². The topological polar surface area (TPSA) is 80.6 Å². The fourth-order valence-electron chi connectivity index (χ4n) is 2.76. The normalized spacial score (nSPS) is 14.6. The monoisotopic (exact) mass is 410 g/mol. The number of carbonyl (C=O) groups excluding carboxylic acids is 1. The van der Waals surface area contributed by atoms with E-state index in [1.807, 2.05) is 36.4 Å². The molecule has 29 heavy (non-hydrogen) atoms. The second kappa shape index (κ2) is 9.84. The Hall–Kier alpha value is -3.19. The summed E-state index contributed by atoms with van der Waals surface area (Å²) < 4.78 is 17.0. The van der Waals surface area contributed by atoms with Gasteiger partial charge in [0.05, 0.1) is 12.0 Å². The van der Waals surface area contributed by atoms with Crippen molar-refractivity contribution in [2.45, 2.75) is 6.42 Å². The lowest BCUT2D eigenvalue weighted by Crippen LogP contribution is -2.18. The molecule has 6 nitrogen and oxygen atoms in total. The average Bonchev–Trinajstić information content (AvgIpc) is 3.04. The Morgan fingerprint density at radius 1 is 1.10 bits per heavy atom. The Kier molecular flexibility index (Phi) is 6.97. The van der Waals surface area contributed by atoms with Crippen molar-refractivity contribution in [1.29, 1.82) is 5.41 Å². The molecule has 0 atom stereocenters. The average molecular weight is 410 g/mol. The quantitative estimate of drug-likeness (QED) is 0.371. The summed E-state index contributed by atoms with van der Waals surface area (Å²) in [5.74, 6) is 1.70. The lowest BCUT2D eigenvalue weighted by Gasteiger charge is -2.13. The minimum absolute atomic E-state index is 0.128. The Balaban J connectivity index is 1.60. The van der Waals surface area contributed by atoms with Gasteiger partial charge in [0.25, 0.3) is 5.91 Å². The van der Waals surface area contributed by atoms with Crippen molar-refractivity contribution in [3.05, 3.63) is 71.2 Å². The minimum atomic E-state index is -0.270. The van der Waals surface area contributed by atoms with Gasteiger partial charge in [0, 0.05) is 0 Å². The molecule has 150 valence electrons. The third kappa shape index (κ3) is 5.42. The molecule has 1 fully saturated rings. The summed E-state index contributed by atoms with van der Waals surface area (Å²) >= 11 is 1.09. The van der Waals surface area contributed by atoms with Crippen molar-refractivity contribution >= 4 is 28.9 Å². The van der Waals surface area contributed by atoms with Gasteiger partial charge < -0.3 is 19.5 Å². The number of hydrogen-bond acceptors (Lipinski definition) is 6. The maximum absolute atomic E-state index is 11.8. The van der Waals surface area contributed by atoms with Gasteiger partial charge in [-0.05, 0) is 53.6 Å². The van der Waals surface area contributed by atoms with Crippen LogP contribution in [0, 0.1) is 5.41 Å². The molecule has 0 saturated carbocycles. The lowest BCUT2D eigenvalue weighted by atomic mass is 10.1. The van der Waals surface area contributed by atoms with Crippen molar-refractivity contribution in [2.24, 2.45) is 0 Å². The predicted molar refractivity (Wildman–Crippen MR) is 116 cm³/mol. The molecule has 3 rings (SSSR count). The molecule has 1 heterocycles. The number of rotatable bonds is 9. The zero-order valence-electron chi connectivity index (χ0n) is 16.1. The standard InChI is InChI=1S/C22H22N2O4S/c1-3-6-16-7-4-5-8-17(16)27-11-12-28-18-10-9-15(13-19(18)26-2)14-20-21(25)24-22(23)29-20/h3-5,7-10,13-14H,1,6,11-12H2,2H3,(H2,23,24,25). The van der Waals surface area contributed by atoms with Crippen LogP contribution in [-0.4, -0.2) is 31.4 Å². The lowest BCUT2D eigenvalue weighted by molar-refractivity contribution is -0.115. The van der Waals surface area contributed by atoms with Crippen LogP contribution in [0.5, 0.6) is 17.2 Å². The van der Waals surface area contributed by atoms with E-state index in [0.717, 1.165) is 35.1 Å². The minimum Gasteiger partial charge on any atom is -0.493 e. The van der Waals surface area contributed by atoms with E-state index < -0.39 is 0 Å². The van der Waals surface area contributed by atoms with Crippen LogP contribution in [0.25, 0.3) is 6.08 Å². The first-order chi connectivity index (χ1) is 14.1. The van der Waals surface area contributed by atoms with Crippen molar-refractivity contribution in [3.8, 4) is 17.2 Å². The molecule has 0 aliphatic carbocycles. The molecule has 7 heteroatoms.